The first-order chi connectivity index (χ1) is 15.6. The van der Waals surface area contributed by atoms with E-state index in [0.29, 0.717) is 0 Å². The lowest BCUT2D eigenvalue weighted by Crippen LogP contribution is -2.37. The quantitative estimate of drug-likeness (QED) is 0.247. The third kappa shape index (κ3) is 8.37. The predicted molar refractivity (Wildman–Crippen MR) is 144 cm³/mol. The van der Waals surface area contributed by atoms with E-state index in [1.807, 2.05) is 0 Å². The minimum atomic E-state index is -0.0594. The van der Waals surface area contributed by atoms with Gasteiger partial charge in [-0.2, -0.15) is 0 Å². The summed E-state index contributed by atoms with van der Waals surface area (Å²) in [6.07, 6.45) is 14.2. The van der Waals surface area contributed by atoms with Gasteiger partial charge in [0.1, 0.15) is 17.1 Å². The fourth-order valence-electron chi connectivity index (χ4n) is 5.53. The van der Waals surface area contributed by atoms with E-state index in [9.17, 15) is 0 Å². The maximum Gasteiger partial charge on any atom is 0.162 e. The molecule has 0 spiro atoms. The van der Waals surface area contributed by atoms with Crippen LogP contribution in [-0.4, -0.2) is 11.7 Å². The molecule has 2 nitrogen and oxygen atoms in total. The van der Waals surface area contributed by atoms with Crippen LogP contribution in [0.4, 0.5) is 0 Å². The Morgan fingerprint density at radius 1 is 0.848 bits per heavy atom. The standard InChI is InChI=1S/C30H51ClO2/c1-21(2)12-9-13-22(3)14-10-15-23(4)16-11-18-30(8)19-17-27-26(7)28(32-20-31)24(5)25(6)29(27)33-30/h21-23H,9-20H2,1-8H3/t22-,23-,30-/m1/s1. The molecule has 2 rings (SSSR count). The van der Waals surface area contributed by atoms with Crippen molar-refractivity contribution in [1.82, 2.24) is 0 Å². The second kappa shape index (κ2) is 13.3. The van der Waals surface area contributed by atoms with Crippen LogP contribution in [0.15, 0.2) is 0 Å². The second-order valence-corrected chi connectivity index (χ2v) is 11.9. The first-order valence-corrected chi connectivity index (χ1v) is 14.1. The summed E-state index contributed by atoms with van der Waals surface area (Å²) in [4.78, 5) is 0. The topological polar surface area (TPSA) is 18.5 Å². The zero-order chi connectivity index (χ0) is 24.6. The van der Waals surface area contributed by atoms with Crippen molar-refractivity contribution in [1.29, 1.82) is 0 Å². The summed E-state index contributed by atoms with van der Waals surface area (Å²) < 4.78 is 12.4. The van der Waals surface area contributed by atoms with Crippen molar-refractivity contribution in [3.05, 3.63) is 22.3 Å². The van der Waals surface area contributed by atoms with Crippen molar-refractivity contribution in [3.63, 3.8) is 0 Å². The van der Waals surface area contributed by atoms with Crippen molar-refractivity contribution in [2.24, 2.45) is 17.8 Å². The Labute approximate surface area is 210 Å². The lowest BCUT2D eigenvalue weighted by atomic mass is 9.83. The normalized spacial score (nSPS) is 19.8. The molecule has 0 radical (unpaired) electrons. The van der Waals surface area contributed by atoms with Gasteiger partial charge in [-0.15, -0.1) is 0 Å². The fourth-order valence-corrected chi connectivity index (χ4v) is 5.64. The monoisotopic (exact) mass is 478 g/mol. The summed E-state index contributed by atoms with van der Waals surface area (Å²) in [7, 11) is 0. The molecule has 0 unspecified atom stereocenters. The van der Waals surface area contributed by atoms with Gasteiger partial charge in [0.05, 0.1) is 0 Å². The van der Waals surface area contributed by atoms with Crippen LogP contribution in [-0.2, 0) is 6.42 Å². The van der Waals surface area contributed by atoms with Gasteiger partial charge in [-0.05, 0) is 87.8 Å². The number of hydrogen-bond donors (Lipinski definition) is 0. The van der Waals surface area contributed by atoms with E-state index < -0.39 is 0 Å². The first-order valence-electron chi connectivity index (χ1n) is 13.6. The molecule has 0 saturated heterocycles. The van der Waals surface area contributed by atoms with E-state index in [4.69, 9.17) is 21.1 Å². The number of ether oxygens (including phenoxy) is 2. The molecule has 3 heteroatoms. The van der Waals surface area contributed by atoms with Crippen LogP contribution in [0.25, 0.3) is 0 Å². The van der Waals surface area contributed by atoms with Gasteiger partial charge in [0.2, 0.25) is 0 Å². The average Bonchev–Trinajstić information content (AvgIpc) is 2.75. The Balaban J connectivity index is 1.79. The third-order valence-corrected chi connectivity index (χ3v) is 8.15. The van der Waals surface area contributed by atoms with Crippen LogP contribution in [0.2, 0.25) is 0 Å². The van der Waals surface area contributed by atoms with Gasteiger partial charge in [0.25, 0.3) is 0 Å². The number of halogens is 1. The van der Waals surface area contributed by atoms with E-state index in [1.165, 1.54) is 68.1 Å². The lowest BCUT2D eigenvalue weighted by molar-refractivity contribution is 0.0511. The molecule has 1 aromatic carbocycles. The van der Waals surface area contributed by atoms with E-state index in [-0.39, 0.29) is 11.7 Å². The minimum Gasteiger partial charge on any atom is -0.487 e. The largest absolute Gasteiger partial charge is 0.487 e. The van der Waals surface area contributed by atoms with Gasteiger partial charge in [-0.1, -0.05) is 84.2 Å². The Morgan fingerprint density at radius 2 is 1.42 bits per heavy atom. The molecule has 0 fully saturated rings. The smallest absolute Gasteiger partial charge is 0.162 e. The molecular weight excluding hydrogens is 428 g/mol. The molecule has 190 valence electrons. The maximum atomic E-state index is 6.71. The summed E-state index contributed by atoms with van der Waals surface area (Å²) in [6.45, 7) is 18.3. The average molecular weight is 479 g/mol. The Hall–Kier alpha value is -0.890. The molecule has 1 aliphatic rings. The van der Waals surface area contributed by atoms with Crippen LogP contribution in [0.1, 0.15) is 121 Å². The Morgan fingerprint density at radius 3 is 2.00 bits per heavy atom. The predicted octanol–water partition coefficient (Wildman–Crippen LogP) is 9.71. The fraction of sp³-hybridized carbons (Fsp3) is 0.800. The van der Waals surface area contributed by atoms with Crippen LogP contribution in [0.5, 0.6) is 11.5 Å². The van der Waals surface area contributed by atoms with Crippen molar-refractivity contribution < 1.29 is 9.47 Å². The SMILES string of the molecule is Cc1c(C)c2c(c(C)c1OCCl)CC[C@@](C)(CCC[C@H](C)CCC[C@H](C)CCCC(C)C)O2. The summed E-state index contributed by atoms with van der Waals surface area (Å²) in [6, 6.07) is 0.188. The molecule has 0 N–H and O–H groups in total. The Kier molecular flexibility index (Phi) is 11.4. The van der Waals surface area contributed by atoms with Crippen LogP contribution in [0.3, 0.4) is 0 Å². The summed E-state index contributed by atoms with van der Waals surface area (Å²) in [5.41, 5.74) is 4.81. The third-order valence-electron chi connectivity index (χ3n) is 8.04. The van der Waals surface area contributed by atoms with Gasteiger partial charge in [-0.3, -0.25) is 0 Å². The number of benzene rings is 1. The molecule has 0 saturated carbocycles. The van der Waals surface area contributed by atoms with Gasteiger partial charge >= 0.3 is 0 Å². The molecule has 1 heterocycles. The maximum absolute atomic E-state index is 6.71. The van der Waals surface area contributed by atoms with Crippen molar-refractivity contribution >= 4 is 11.6 Å². The molecule has 0 amide bonds. The zero-order valence-corrected chi connectivity index (χ0v) is 23.7. The van der Waals surface area contributed by atoms with Gasteiger partial charge in [-0.25, -0.2) is 0 Å². The highest BCUT2D eigenvalue weighted by Crippen LogP contribution is 2.45. The van der Waals surface area contributed by atoms with Gasteiger partial charge < -0.3 is 9.47 Å². The van der Waals surface area contributed by atoms with Crippen LogP contribution in [0, 0.1) is 38.5 Å². The Bertz CT molecular complexity index is 742. The van der Waals surface area contributed by atoms with Crippen molar-refractivity contribution in [2.45, 2.75) is 132 Å². The zero-order valence-electron chi connectivity index (χ0n) is 22.9. The molecule has 0 aliphatic carbocycles. The number of fused-ring (bicyclic) bond motifs is 1. The highest BCUT2D eigenvalue weighted by atomic mass is 35.5. The molecule has 0 bridgehead atoms. The van der Waals surface area contributed by atoms with Gasteiger partial charge in [0.15, 0.2) is 6.07 Å². The molecular formula is C30H51ClO2. The van der Waals surface area contributed by atoms with E-state index >= 15 is 0 Å². The first kappa shape index (κ1) is 28.3. The lowest BCUT2D eigenvalue weighted by Gasteiger charge is -2.38. The second-order valence-electron chi connectivity index (χ2n) is 11.7. The van der Waals surface area contributed by atoms with E-state index in [0.717, 1.165) is 54.1 Å². The molecule has 0 aromatic heterocycles. The minimum absolute atomic E-state index is 0.0594. The van der Waals surface area contributed by atoms with E-state index in [1.54, 1.807) is 0 Å². The number of alkyl halides is 1. The number of rotatable bonds is 14. The van der Waals surface area contributed by atoms with Crippen LogP contribution >= 0.6 is 11.6 Å². The molecule has 1 aromatic rings. The van der Waals surface area contributed by atoms with E-state index in [2.05, 4.69) is 55.4 Å². The van der Waals surface area contributed by atoms with Crippen molar-refractivity contribution in [2.75, 3.05) is 6.07 Å². The molecule has 33 heavy (non-hydrogen) atoms. The van der Waals surface area contributed by atoms with Crippen LogP contribution < -0.4 is 9.47 Å². The highest BCUT2D eigenvalue weighted by molar-refractivity contribution is 6.17. The highest BCUT2D eigenvalue weighted by Gasteiger charge is 2.34. The summed E-state index contributed by atoms with van der Waals surface area (Å²) >= 11 is 5.87. The number of hydrogen-bond acceptors (Lipinski definition) is 2. The van der Waals surface area contributed by atoms with Crippen molar-refractivity contribution in [3.8, 4) is 11.5 Å². The summed E-state index contributed by atoms with van der Waals surface area (Å²) in [5, 5.41) is 0. The molecule has 3 atom stereocenters. The van der Waals surface area contributed by atoms with Gasteiger partial charge in [0, 0.05) is 5.56 Å². The molecule has 1 aliphatic heterocycles. The summed E-state index contributed by atoms with van der Waals surface area (Å²) in [5.74, 6) is 4.58.